The minimum atomic E-state index is -0.216. The van der Waals surface area contributed by atoms with Gasteiger partial charge in [0.05, 0.1) is 24.5 Å². The van der Waals surface area contributed by atoms with Crippen molar-refractivity contribution in [2.45, 2.75) is 32.7 Å². The standard InChI is InChI=1S/C13H22N4O2/c1-8(2)12-15-6-10(14)11(16-12)13(18)17(4)9(3)7-19-5/h6,8-9H,7,14H2,1-5H3. The quantitative estimate of drug-likeness (QED) is 0.868. The van der Waals surface area contributed by atoms with Crippen LogP contribution < -0.4 is 5.73 Å². The minimum absolute atomic E-state index is 0.0469. The average molecular weight is 266 g/mol. The first-order chi connectivity index (χ1) is 8.88. The third-order valence-corrected chi connectivity index (χ3v) is 2.94. The summed E-state index contributed by atoms with van der Waals surface area (Å²) in [5, 5.41) is 0. The zero-order chi connectivity index (χ0) is 14.6. The fraction of sp³-hybridized carbons (Fsp3) is 0.615. The molecule has 1 amide bonds. The lowest BCUT2D eigenvalue weighted by atomic mass is 10.2. The van der Waals surface area contributed by atoms with Crippen LogP contribution in [-0.2, 0) is 4.74 Å². The first-order valence-corrected chi connectivity index (χ1v) is 6.27. The predicted molar refractivity (Wildman–Crippen MR) is 74.0 cm³/mol. The van der Waals surface area contributed by atoms with Crippen LogP contribution in [0.3, 0.4) is 0 Å². The molecule has 1 aromatic heterocycles. The Labute approximate surface area is 114 Å². The van der Waals surface area contributed by atoms with Crippen LogP contribution >= 0.6 is 0 Å². The third kappa shape index (κ3) is 3.64. The van der Waals surface area contributed by atoms with Crippen LogP contribution in [0, 0.1) is 0 Å². The molecule has 1 atom stereocenters. The van der Waals surface area contributed by atoms with E-state index in [0.29, 0.717) is 18.1 Å². The van der Waals surface area contributed by atoms with Crippen LogP contribution in [0.5, 0.6) is 0 Å². The summed E-state index contributed by atoms with van der Waals surface area (Å²) in [6.07, 6.45) is 1.49. The number of amides is 1. The van der Waals surface area contributed by atoms with E-state index in [2.05, 4.69) is 9.97 Å². The number of carbonyl (C=O) groups is 1. The highest BCUT2D eigenvalue weighted by atomic mass is 16.5. The number of carbonyl (C=O) groups excluding carboxylic acids is 1. The summed E-state index contributed by atoms with van der Waals surface area (Å²) in [6.45, 7) is 6.31. The van der Waals surface area contributed by atoms with Crippen molar-refractivity contribution < 1.29 is 9.53 Å². The summed E-state index contributed by atoms with van der Waals surface area (Å²) in [5.41, 5.74) is 6.35. The molecule has 0 radical (unpaired) electrons. The van der Waals surface area contributed by atoms with Crippen molar-refractivity contribution in [3.8, 4) is 0 Å². The molecule has 1 rings (SSSR count). The van der Waals surface area contributed by atoms with Gasteiger partial charge >= 0.3 is 0 Å². The van der Waals surface area contributed by atoms with Gasteiger partial charge in [-0.3, -0.25) is 4.79 Å². The minimum Gasteiger partial charge on any atom is -0.396 e. The number of hydrogen-bond acceptors (Lipinski definition) is 5. The van der Waals surface area contributed by atoms with Gasteiger partial charge in [-0.1, -0.05) is 13.8 Å². The van der Waals surface area contributed by atoms with E-state index in [0.717, 1.165) is 0 Å². The number of anilines is 1. The maximum atomic E-state index is 12.4. The van der Waals surface area contributed by atoms with Gasteiger partial charge < -0.3 is 15.4 Å². The summed E-state index contributed by atoms with van der Waals surface area (Å²) in [4.78, 5) is 22.3. The summed E-state index contributed by atoms with van der Waals surface area (Å²) >= 11 is 0. The molecule has 0 saturated heterocycles. The zero-order valence-electron chi connectivity index (χ0n) is 12.2. The fourth-order valence-corrected chi connectivity index (χ4v) is 1.57. The molecule has 6 heteroatoms. The number of nitrogen functional groups attached to an aromatic ring is 1. The topological polar surface area (TPSA) is 81.3 Å². The van der Waals surface area contributed by atoms with Crippen molar-refractivity contribution in [1.82, 2.24) is 14.9 Å². The van der Waals surface area contributed by atoms with E-state index in [9.17, 15) is 4.79 Å². The normalized spacial score (nSPS) is 12.5. The van der Waals surface area contributed by atoms with E-state index < -0.39 is 0 Å². The van der Waals surface area contributed by atoms with E-state index in [1.165, 1.54) is 6.20 Å². The van der Waals surface area contributed by atoms with Gasteiger partial charge in [-0.2, -0.15) is 0 Å². The van der Waals surface area contributed by atoms with Gasteiger partial charge in [-0.15, -0.1) is 0 Å². The molecule has 0 aromatic carbocycles. The number of hydrogen-bond donors (Lipinski definition) is 1. The van der Waals surface area contributed by atoms with Crippen molar-refractivity contribution in [3.05, 3.63) is 17.7 Å². The number of rotatable bonds is 5. The lowest BCUT2D eigenvalue weighted by Gasteiger charge is -2.24. The smallest absolute Gasteiger partial charge is 0.274 e. The van der Waals surface area contributed by atoms with Gasteiger partial charge in [0, 0.05) is 20.1 Å². The second kappa shape index (κ2) is 6.47. The molecule has 0 fully saturated rings. The molecule has 6 nitrogen and oxygen atoms in total. The molecule has 106 valence electrons. The van der Waals surface area contributed by atoms with Crippen LogP contribution in [0.2, 0.25) is 0 Å². The van der Waals surface area contributed by atoms with Crippen molar-refractivity contribution in [1.29, 1.82) is 0 Å². The zero-order valence-corrected chi connectivity index (χ0v) is 12.2. The van der Waals surface area contributed by atoms with Crippen molar-refractivity contribution in [2.75, 3.05) is 26.5 Å². The molecular weight excluding hydrogens is 244 g/mol. The largest absolute Gasteiger partial charge is 0.396 e. The summed E-state index contributed by atoms with van der Waals surface area (Å²) < 4.78 is 5.05. The highest BCUT2D eigenvalue weighted by molar-refractivity contribution is 5.97. The molecule has 0 spiro atoms. The van der Waals surface area contributed by atoms with E-state index in [-0.39, 0.29) is 23.6 Å². The third-order valence-electron chi connectivity index (χ3n) is 2.94. The highest BCUT2D eigenvalue weighted by Crippen LogP contribution is 2.15. The molecule has 1 unspecified atom stereocenters. The fourth-order valence-electron chi connectivity index (χ4n) is 1.57. The number of ether oxygens (including phenoxy) is 1. The second-order valence-corrected chi connectivity index (χ2v) is 4.91. The Bertz CT molecular complexity index is 448. The SMILES string of the molecule is COCC(C)N(C)C(=O)c1nc(C(C)C)ncc1N. The molecule has 0 saturated carbocycles. The van der Waals surface area contributed by atoms with Crippen LogP contribution in [0.4, 0.5) is 5.69 Å². The number of aromatic nitrogens is 2. The molecule has 0 aliphatic rings. The summed E-state index contributed by atoms with van der Waals surface area (Å²) in [6, 6.07) is -0.0469. The number of nitrogens with zero attached hydrogens (tertiary/aromatic N) is 3. The van der Waals surface area contributed by atoms with Crippen molar-refractivity contribution in [2.24, 2.45) is 0 Å². The Hall–Kier alpha value is -1.69. The Morgan fingerprint density at radius 2 is 2.11 bits per heavy atom. The molecule has 0 aliphatic carbocycles. The van der Waals surface area contributed by atoms with Gasteiger partial charge in [0.2, 0.25) is 0 Å². The Morgan fingerprint density at radius 3 is 2.63 bits per heavy atom. The highest BCUT2D eigenvalue weighted by Gasteiger charge is 2.22. The number of methoxy groups -OCH3 is 1. The molecule has 0 bridgehead atoms. The Kier molecular flexibility index (Phi) is 5.23. The Balaban J connectivity index is 3.01. The van der Waals surface area contributed by atoms with Crippen molar-refractivity contribution >= 4 is 11.6 Å². The van der Waals surface area contributed by atoms with Crippen LogP contribution in [-0.4, -0.2) is 47.6 Å². The van der Waals surface area contributed by atoms with E-state index >= 15 is 0 Å². The monoisotopic (exact) mass is 266 g/mol. The van der Waals surface area contributed by atoms with Gasteiger partial charge in [-0.25, -0.2) is 9.97 Å². The van der Waals surface area contributed by atoms with Crippen molar-refractivity contribution in [3.63, 3.8) is 0 Å². The van der Waals surface area contributed by atoms with E-state index in [1.807, 2.05) is 20.8 Å². The molecular formula is C13H22N4O2. The Morgan fingerprint density at radius 1 is 1.47 bits per heavy atom. The van der Waals surface area contributed by atoms with E-state index in [4.69, 9.17) is 10.5 Å². The lowest BCUT2D eigenvalue weighted by Crippen LogP contribution is -2.38. The summed E-state index contributed by atoms with van der Waals surface area (Å²) in [5.74, 6) is 0.547. The van der Waals surface area contributed by atoms with Gasteiger partial charge in [0.15, 0.2) is 5.69 Å². The van der Waals surface area contributed by atoms with Crippen LogP contribution in [0.15, 0.2) is 6.20 Å². The average Bonchev–Trinajstić information content (AvgIpc) is 2.37. The van der Waals surface area contributed by atoms with Gasteiger partial charge in [0.1, 0.15) is 5.82 Å². The second-order valence-electron chi connectivity index (χ2n) is 4.91. The van der Waals surface area contributed by atoms with Gasteiger partial charge in [-0.05, 0) is 6.92 Å². The molecule has 1 heterocycles. The first kappa shape index (κ1) is 15.4. The molecule has 0 aliphatic heterocycles. The van der Waals surface area contributed by atoms with Crippen LogP contribution in [0.25, 0.3) is 0 Å². The van der Waals surface area contributed by atoms with E-state index in [1.54, 1.807) is 19.1 Å². The maximum absolute atomic E-state index is 12.4. The number of nitrogens with two attached hydrogens (primary N) is 1. The first-order valence-electron chi connectivity index (χ1n) is 6.27. The molecule has 19 heavy (non-hydrogen) atoms. The number of likely N-dealkylation sites (N-methyl/N-ethyl adjacent to an activating group) is 1. The molecule has 2 N–H and O–H groups in total. The van der Waals surface area contributed by atoms with Gasteiger partial charge in [0.25, 0.3) is 5.91 Å². The maximum Gasteiger partial charge on any atom is 0.274 e. The lowest BCUT2D eigenvalue weighted by molar-refractivity contribution is 0.0628. The summed E-state index contributed by atoms with van der Waals surface area (Å²) in [7, 11) is 3.31. The predicted octanol–water partition coefficient (Wildman–Crippen LogP) is 1.29. The molecule has 1 aromatic rings. The van der Waals surface area contributed by atoms with Crippen LogP contribution in [0.1, 0.15) is 43.0 Å².